The van der Waals surface area contributed by atoms with E-state index in [1.165, 1.54) is 12.8 Å². The predicted octanol–water partition coefficient (Wildman–Crippen LogP) is 3.68. The van der Waals surface area contributed by atoms with Crippen LogP contribution in [0.1, 0.15) is 69.3 Å². The first-order valence-electron chi connectivity index (χ1n) is 12.6. The van der Waals surface area contributed by atoms with Gasteiger partial charge in [0.25, 0.3) is 0 Å². The third-order valence-corrected chi connectivity index (χ3v) is 7.49. The molecule has 192 valence electrons. The third kappa shape index (κ3) is 8.24. The number of carbonyl (C=O) groups is 1. The molecule has 0 saturated heterocycles. The van der Waals surface area contributed by atoms with Gasteiger partial charge in [0.1, 0.15) is 15.8 Å². The van der Waals surface area contributed by atoms with Crippen LogP contribution in [0.25, 0.3) is 15.8 Å². The van der Waals surface area contributed by atoms with Crippen molar-refractivity contribution in [3.05, 3.63) is 76.5 Å². The Morgan fingerprint density at radius 3 is 2.49 bits per heavy atom. The van der Waals surface area contributed by atoms with Crippen LogP contribution < -0.4 is 51.4 Å². The first-order chi connectivity index (χ1) is 17.3. The number of amides is 1. The maximum Gasteiger partial charge on any atom is 1.00 e. The van der Waals surface area contributed by atoms with E-state index in [0.717, 1.165) is 35.4 Å². The molecule has 0 atom stereocenters. The number of sulfonamides is 1. The topological polar surface area (TPSA) is 92.4 Å². The van der Waals surface area contributed by atoms with Crippen molar-refractivity contribution < 1.29 is 69.3 Å². The Balaban J connectivity index is 0.00000380. The molecule has 1 aliphatic carbocycles. The normalized spacial score (nSPS) is 13.3. The number of benzene rings is 2. The van der Waals surface area contributed by atoms with Gasteiger partial charge in [0, 0.05) is 24.9 Å². The largest absolute Gasteiger partial charge is 1.00 e. The Kier molecular flexibility index (Phi) is 11.0. The van der Waals surface area contributed by atoms with Crippen molar-refractivity contribution in [2.24, 2.45) is 5.92 Å². The Morgan fingerprint density at radius 2 is 1.84 bits per heavy atom. The number of hydrogen-bond donors (Lipinski definition) is 0. The van der Waals surface area contributed by atoms with Crippen molar-refractivity contribution in [2.75, 3.05) is 6.61 Å². The summed E-state index contributed by atoms with van der Waals surface area (Å²) >= 11 is 0. The minimum absolute atomic E-state index is 0. The van der Waals surface area contributed by atoms with Crippen LogP contribution in [0.15, 0.2) is 59.8 Å². The number of rotatable bonds is 11. The zero-order valence-electron chi connectivity index (χ0n) is 22.2. The summed E-state index contributed by atoms with van der Waals surface area (Å²) in [4.78, 5) is 16.6. The van der Waals surface area contributed by atoms with E-state index in [1.807, 2.05) is 49.6 Å². The number of aromatic nitrogens is 2. The van der Waals surface area contributed by atoms with Gasteiger partial charge in [-0.2, -0.15) is 0 Å². The Labute approximate surface area is 262 Å². The molecule has 0 aliphatic heterocycles. The maximum absolute atomic E-state index is 13.1. The number of unbranched alkanes of at least 4 members (excludes halogenated alkanes) is 1. The molecule has 37 heavy (non-hydrogen) atoms. The first-order valence-corrected chi connectivity index (χ1v) is 14.1. The molecule has 1 saturated carbocycles. The van der Waals surface area contributed by atoms with E-state index >= 15 is 0 Å². The van der Waals surface area contributed by atoms with Crippen LogP contribution in [0.5, 0.6) is 0 Å². The average Bonchev–Trinajstić information content (AvgIpc) is 3.57. The van der Waals surface area contributed by atoms with Crippen molar-refractivity contribution in [3.63, 3.8) is 0 Å². The molecule has 1 aliphatic rings. The first kappa shape index (κ1) is 30.1. The van der Waals surface area contributed by atoms with Gasteiger partial charge in [0.15, 0.2) is 0 Å². The summed E-state index contributed by atoms with van der Waals surface area (Å²) in [6.07, 6.45) is 7.45. The molecule has 0 N–H and O–H groups in total. The fraction of sp³-hybridized carbons (Fsp3) is 0.429. The number of nitrogens with zero attached hydrogens (tertiary/aromatic N) is 3. The monoisotopic (exact) mass is 547 g/mol. The fourth-order valence-electron chi connectivity index (χ4n) is 4.25. The average molecular weight is 548 g/mol. The molecule has 0 radical (unpaired) electrons. The summed E-state index contributed by atoms with van der Waals surface area (Å²) in [5.41, 5.74) is 3.42. The SMILES string of the molecule is CCCCOC(=O)[N-]S(=O)(=O)c1ccc(CC(C)C)cc1-c1ccc(Cn2ccnc2C2CC2)cc1.[K+]. The molecule has 1 heterocycles. The van der Waals surface area contributed by atoms with Gasteiger partial charge in [0.2, 0.25) is 6.09 Å². The molecule has 1 fully saturated rings. The summed E-state index contributed by atoms with van der Waals surface area (Å²) in [6, 6.07) is 13.1. The summed E-state index contributed by atoms with van der Waals surface area (Å²) in [5.74, 6) is 2.10. The van der Waals surface area contributed by atoms with Crippen LogP contribution in [0, 0.1) is 5.92 Å². The van der Waals surface area contributed by atoms with Crippen LogP contribution in [0.3, 0.4) is 0 Å². The molecule has 1 aromatic heterocycles. The van der Waals surface area contributed by atoms with E-state index in [0.29, 0.717) is 30.4 Å². The summed E-state index contributed by atoms with van der Waals surface area (Å²) in [6.45, 7) is 7.05. The fourth-order valence-corrected chi connectivity index (χ4v) is 5.29. The van der Waals surface area contributed by atoms with E-state index in [9.17, 15) is 13.2 Å². The molecule has 9 heteroatoms. The van der Waals surface area contributed by atoms with Crippen molar-refractivity contribution in [3.8, 4) is 11.1 Å². The molecule has 3 aromatic rings. The third-order valence-electron chi connectivity index (χ3n) is 6.19. The van der Waals surface area contributed by atoms with Crippen LogP contribution in [-0.4, -0.2) is 30.7 Å². The van der Waals surface area contributed by atoms with E-state index in [1.54, 1.807) is 12.1 Å². The Morgan fingerprint density at radius 1 is 1.14 bits per heavy atom. The zero-order valence-corrected chi connectivity index (χ0v) is 26.1. The molecular weight excluding hydrogens is 513 g/mol. The van der Waals surface area contributed by atoms with Crippen molar-refractivity contribution in [2.45, 2.75) is 70.2 Å². The van der Waals surface area contributed by atoms with Gasteiger partial charge >= 0.3 is 51.4 Å². The number of hydrogen-bond acceptors (Lipinski definition) is 5. The van der Waals surface area contributed by atoms with Crippen molar-refractivity contribution in [1.29, 1.82) is 0 Å². The Hall–Kier alpha value is -1.49. The molecule has 0 unspecified atom stereocenters. The van der Waals surface area contributed by atoms with Crippen LogP contribution >= 0.6 is 0 Å². The van der Waals surface area contributed by atoms with Crippen LogP contribution in [0.2, 0.25) is 0 Å². The summed E-state index contributed by atoms with van der Waals surface area (Å²) in [7, 11) is -4.24. The van der Waals surface area contributed by atoms with Crippen LogP contribution in [-0.2, 0) is 27.7 Å². The molecular formula is C28H34KN3O4S. The number of imidazole rings is 1. The molecule has 7 nitrogen and oxygen atoms in total. The van der Waals surface area contributed by atoms with Gasteiger partial charge in [-0.3, -0.25) is 4.79 Å². The Bertz CT molecular complexity index is 1300. The predicted molar refractivity (Wildman–Crippen MR) is 141 cm³/mol. The second-order valence-electron chi connectivity index (χ2n) is 9.85. The van der Waals surface area contributed by atoms with E-state index in [2.05, 4.69) is 28.1 Å². The molecule has 2 aromatic carbocycles. The van der Waals surface area contributed by atoms with Crippen molar-refractivity contribution >= 4 is 16.1 Å². The van der Waals surface area contributed by atoms with Gasteiger partial charge in [-0.05, 0) is 66.0 Å². The molecule has 0 spiro atoms. The molecule has 4 rings (SSSR count). The van der Waals surface area contributed by atoms with Gasteiger partial charge in [-0.25, -0.2) is 13.4 Å². The molecule has 1 amide bonds. The maximum atomic E-state index is 13.1. The van der Waals surface area contributed by atoms with Gasteiger partial charge in [0.05, 0.1) is 11.5 Å². The molecule has 0 bridgehead atoms. The summed E-state index contributed by atoms with van der Waals surface area (Å²) < 4.78 is 36.8. The van der Waals surface area contributed by atoms with Gasteiger partial charge in [-0.15, -0.1) is 0 Å². The van der Waals surface area contributed by atoms with E-state index in [4.69, 9.17) is 4.74 Å². The quantitative estimate of drug-likeness (QED) is 0.270. The van der Waals surface area contributed by atoms with E-state index in [-0.39, 0.29) is 62.9 Å². The number of ether oxygens (including phenoxy) is 1. The minimum Gasteiger partial charge on any atom is -0.506 e. The van der Waals surface area contributed by atoms with Gasteiger partial charge < -0.3 is 14.0 Å². The standard InChI is InChI=1S/C28H35N3O4S.K/c1-4-5-16-35-28(32)30-36(33,34)26-13-8-22(17-20(2)3)18-25(26)23-9-6-21(7-10-23)19-31-15-14-29-27(31)24-11-12-24;/h6-10,13-15,18,20,24H,4-5,11-12,16-17,19H2,1-3H3,(H,30,32);/q;+1/p-1. The second-order valence-corrected chi connectivity index (χ2v) is 11.4. The van der Waals surface area contributed by atoms with E-state index < -0.39 is 16.1 Å². The van der Waals surface area contributed by atoms with Crippen molar-refractivity contribution in [1.82, 2.24) is 9.55 Å². The minimum atomic E-state index is -4.24. The summed E-state index contributed by atoms with van der Waals surface area (Å²) in [5, 5.41) is 0. The number of carbonyl (C=O) groups excluding carboxylic acids is 1. The second kappa shape index (κ2) is 13.5. The van der Waals surface area contributed by atoms with Crippen LogP contribution in [0.4, 0.5) is 4.79 Å². The zero-order chi connectivity index (χ0) is 25.7. The smallest absolute Gasteiger partial charge is 0.506 e. The van der Waals surface area contributed by atoms with Gasteiger partial charge in [-0.1, -0.05) is 57.5 Å².